The first-order chi connectivity index (χ1) is 11.5. The zero-order chi connectivity index (χ0) is 17.1. The number of barbiturate groups is 1. The van der Waals surface area contributed by atoms with Crippen molar-refractivity contribution in [2.75, 3.05) is 18.5 Å². The van der Waals surface area contributed by atoms with Crippen molar-refractivity contribution in [3.8, 4) is 0 Å². The van der Waals surface area contributed by atoms with Crippen LogP contribution in [0.5, 0.6) is 0 Å². The van der Waals surface area contributed by atoms with Crippen LogP contribution in [-0.4, -0.2) is 42.4 Å². The van der Waals surface area contributed by atoms with Crippen molar-refractivity contribution in [3.63, 3.8) is 0 Å². The van der Waals surface area contributed by atoms with E-state index >= 15 is 0 Å². The monoisotopic (exact) mass is 331 g/mol. The number of piperidine rings is 1. The summed E-state index contributed by atoms with van der Waals surface area (Å²) in [6.45, 7) is 0.596. The molecule has 0 aliphatic carbocycles. The van der Waals surface area contributed by atoms with Gasteiger partial charge in [-0.05, 0) is 37.3 Å². The fraction of sp³-hybridized carbons (Fsp3) is 0.471. The molecule has 2 atom stereocenters. The first kappa shape index (κ1) is 15.1. The van der Waals surface area contributed by atoms with Gasteiger partial charge in [0, 0.05) is 13.6 Å². The van der Waals surface area contributed by atoms with Crippen molar-refractivity contribution in [1.29, 1.82) is 0 Å². The van der Waals surface area contributed by atoms with E-state index in [1.54, 1.807) is 12.1 Å². The van der Waals surface area contributed by atoms with E-state index in [1.165, 1.54) is 13.1 Å². The molecule has 7 heteroatoms. The molecule has 3 heterocycles. The summed E-state index contributed by atoms with van der Waals surface area (Å²) in [7, 11) is 1.38. The van der Waals surface area contributed by atoms with Crippen molar-refractivity contribution in [2.45, 2.75) is 31.7 Å². The average Bonchev–Trinajstić information content (AvgIpc) is 2.58. The number of hydrogen-bond acceptors (Lipinski definition) is 4. The summed E-state index contributed by atoms with van der Waals surface area (Å²) in [4.78, 5) is 40.4. The molecule has 0 bridgehead atoms. The maximum Gasteiger partial charge on any atom is 0.330 e. The van der Waals surface area contributed by atoms with Gasteiger partial charge in [-0.3, -0.25) is 19.8 Å². The number of hydrogen-bond donors (Lipinski definition) is 1. The van der Waals surface area contributed by atoms with Crippen molar-refractivity contribution in [1.82, 2.24) is 10.2 Å². The van der Waals surface area contributed by atoms with Crippen LogP contribution in [0.25, 0.3) is 0 Å². The number of imide groups is 2. The lowest BCUT2D eigenvalue weighted by molar-refractivity contribution is -0.153. The standard InChI is InChI=1S/C17H18FN3O3/c1-20-15(23)17(14(22)19-16(20)24)9-10-5-4-6-11(18)13(10)21-8-3-2-7-12(17)21/h4-6,12H,2-3,7-9H2,1H3,(H,19,22,24). The van der Waals surface area contributed by atoms with Gasteiger partial charge in [0.15, 0.2) is 5.41 Å². The maximum atomic E-state index is 14.4. The molecular weight excluding hydrogens is 313 g/mol. The SMILES string of the molecule is CN1C(=O)NC(=O)C2(Cc3cccc(F)c3N3CCCCC32)C1=O. The molecule has 1 spiro atoms. The Balaban J connectivity index is 1.92. The number of nitrogens with zero attached hydrogens (tertiary/aromatic N) is 2. The number of rotatable bonds is 0. The van der Waals surface area contributed by atoms with Gasteiger partial charge >= 0.3 is 6.03 Å². The van der Waals surface area contributed by atoms with E-state index < -0.39 is 29.3 Å². The van der Waals surface area contributed by atoms with Crippen LogP contribution in [0.3, 0.4) is 0 Å². The summed E-state index contributed by atoms with van der Waals surface area (Å²) in [6, 6.07) is 3.61. The minimum absolute atomic E-state index is 0.115. The van der Waals surface area contributed by atoms with E-state index in [0.29, 0.717) is 24.2 Å². The molecule has 1 N–H and O–H groups in total. The lowest BCUT2D eigenvalue weighted by Crippen LogP contribution is -2.72. The summed E-state index contributed by atoms with van der Waals surface area (Å²) in [6.07, 6.45) is 2.48. The second-order valence-corrected chi connectivity index (χ2v) is 6.72. The molecule has 24 heavy (non-hydrogen) atoms. The van der Waals surface area contributed by atoms with Crippen molar-refractivity contribution in [3.05, 3.63) is 29.6 Å². The molecule has 3 aliphatic rings. The summed E-state index contributed by atoms with van der Waals surface area (Å²) < 4.78 is 14.4. The minimum Gasteiger partial charge on any atom is -0.364 e. The number of fused-ring (bicyclic) bond motifs is 4. The number of para-hydroxylation sites is 1. The topological polar surface area (TPSA) is 69.7 Å². The summed E-state index contributed by atoms with van der Waals surface area (Å²) in [5.41, 5.74) is -0.239. The highest BCUT2D eigenvalue weighted by Gasteiger charge is 2.61. The third-order valence-corrected chi connectivity index (χ3v) is 5.52. The first-order valence-corrected chi connectivity index (χ1v) is 8.14. The van der Waals surface area contributed by atoms with Crippen LogP contribution in [0.2, 0.25) is 0 Å². The molecule has 126 valence electrons. The van der Waals surface area contributed by atoms with Crippen LogP contribution in [0.1, 0.15) is 24.8 Å². The first-order valence-electron chi connectivity index (χ1n) is 8.14. The predicted molar refractivity (Wildman–Crippen MR) is 83.8 cm³/mol. The largest absolute Gasteiger partial charge is 0.364 e. The smallest absolute Gasteiger partial charge is 0.330 e. The van der Waals surface area contributed by atoms with Gasteiger partial charge in [-0.15, -0.1) is 0 Å². The van der Waals surface area contributed by atoms with Crippen molar-refractivity contribution < 1.29 is 18.8 Å². The Bertz CT molecular complexity index is 765. The molecule has 2 saturated heterocycles. The molecule has 2 fully saturated rings. The summed E-state index contributed by atoms with van der Waals surface area (Å²) in [5.74, 6) is -1.40. The molecule has 1 aromatic rings. The van der Waals surface area contributed by atoms with Gasteiger partial charge in [0.25, 0.3) is 0 Å². The van der Waals surface area contributed by atoms with Crippen LogP contribution < -0.4 is 10.2 Å². The van der Waals surface area contributed by atoms with Crippen LogP contribution in [-0.2, 0) is 16.0 Å². The molecular formula is C17H18FN3O3. The Morgan fingerprint density at radius 2 is 2.04 bits per heavy atom. The molecule has 4 rings (SSSR count). The van der Waals surface area contributed by atoms with Gasteiger partial charge in [0.2, 0.25) is 11.8 Å². The molecule has 4 amide bonds. The average molecular weight is 331 g/mol. The summed E-state index contributed by atoms with van der Waals surface area (Å²) >= 11 is 0. The normalized spacial score (nSPS) is 29.4. The highest BCUT2D eigenvalue weighted by atomic mass is 19.1. The second-order valence-electron chi connectivity index (χ2n) is 6.72. The fourth-order valence-electron chi connectivity index (χ4n) is 4.38. The fourth-order valence-corrected chi connectivity index (χ4v) is 4.38. The van der Waals surface area contributed by atoms with Crippen LogP contribution in [0, 0.1) is 11.2 Å². The Hall–Kier alpha value is -2.44. The van der Waals surface area contributed by atoms with Gasteiger partial charge in [-0.2, -0.15) is 0 Å². The highest BCUT2D eigenvalue weighted by molar-refractivity contribution is 6.20. The number of urea groups is 1. The molecule has 3 aliphatic heterocycles. The Labute approximate surface area is 138 Å². The number of nitrogens with one attached hydrogen (secondary N) is 1. The van der Waals surface area contributed by atoms with Gasteiger partial charge in [-0.1, -0.05) is 12.1 Å². The minimum atomic E-state index is -1.37. The Kier molecular flexibility index (Phi) is 3.16. The van der Waals surface area contributed by atoms with Gasteiger partial charge in [0.05, 0.1) is 11.7 Å². The molecule has 1 aromatic carbocycles. The van der Waals surface area contributed by atoms with Crippen LogP contribution in [0.15, 0.2) is 18.2 Å². The van der Waals surface area contributed by atoms with Gasteiger partial charge in [-0.25, -0.2) is 9.18 Å². The molecule has 0 aromatic heterocycles. The zero-order valence-corrected chi connectivity index (χ0v) is 13.3. The van der Waals surface area contributed by atoms with Crippen molar-refractivity contribution >= 4 is 23.5 Å². The molecule has 6 nitrogen and oxygen atoms in total. The zero-order valence-electron chi connectivity index (χ0n) is 13.3. The number of anilines is 1. The third kappa shape index (κ3) is 1.78. The van der Waals surface area contributed by atoms with E-state index in [1.807, 2.05) is 4.90 Å². The Morgan fingerprint density at radius 1 is 1.25 bits per heavy atom. The number of carbonyl (C=O) groups excluding carboxylic acids is 3. The quantitative estimate of drug-likeness (QED) is 0.730. The number of halogens is 1. The second kappa shape index (κ2) is 5.03. The van der Waals surface area contributed by atoms with Crippen LogP contribution >= 0.6 is 0 Å². The molecule has 0 saturated carbocycles. The number of carbonyl (C=O) groups is 3. The molecule has 2 unspecified atom stereocenters. The van der Waals surface area contributed by atoms with Gasteiger partial charge < -0.3 is 4.90 Å². The summed E-state index contributed by atoms with van der Waals surface area (Å²) in [5, 5.41) is 2.31. The number of amides is 4. The lowest BCUT2D eigenvalue weighted by Gasteiger charge is -2.53. The van der Waals surface area contributed by atoms with E-state index in [4.69, 9.17) is 0 Å². The maximum absolute atomic E-state index is 14.4. The Morgan fingerprint density at radius 3 is 2.83 bits per heavy atom. The predicted octanol–water partition coefficient (Wildman–Crippen LogP) is 1.44. The van der Waals surface area contributed by atoms with E-state index in [-0.39, 0.29) is 12.2 Å². The van der Waals surface area contributed by atoms with Crippen molar-refractivity contribution in [2.24, 2.45) is 5.41 Å². The van der Waals surface area contributed by atoms with E-state index in [0.717, 1.165) is 17.7 Å². The van der Waals surface area contributed by atoms with Gasteiger partial charge in [0.1, 0.15) is 5.82 Å². The van der Waals surface area contributed by atoms with E-state index in [9.17, 15) is 18.8 Å². The number of benzene rings is 1. The van der Waals surface area contributed by atoms with E-state index in [2.05, 4.69) is 5.32 Å². The van der Waals surface area contributed by atoms with Crippen LogP contribution in [0.4, 0.5) is 14.9 Å². The highest BCUT2D eigenvalue weighted by Crippen LogP contribution is 2.48. The molecule has 0 radical (unpaired) electrons. The third-order valence-electron chi connectivity index (χ3n) is 5.52. The lowest BCUT2D eigenvalue weighted by atomic mass is 9.66.